The predicted octanol–water partition coefficient (Wildman–Crippen LogP) is 5.06. The molecule has 2 N–H and O–H groups in total. The number of hydrogen-bond acceptors (Lipinski definition) is 7. The topological polar surface area (TPSA) is 105 Å². The summed E-state index contributed by atoms with van der Waals surface area (Å²) in [5.41, 5.74) is -1.40. The van der Waals surface area contributed by atoms with E-state index in [-0.39, 0.29) is 17.5 Å². The number of aldehydes is 1. The van der Waals surface area contributed by atoms with Gasteiger partial charge in [-0.05, 0) is 63.8 Å². The van der Waals surface area contributed by atoms with Crippen LogP contribution in [0.25, 0.3) is 10.2 Å². The molecule has 1 aliphatic carbocycles. The van der Waals surface area contributed by atoms with E-state index in [0.29, 0.717) is 22.8 Å². The molecule has 0 spiro atoms. The number of alkyl halides is 3. The third-order valence-electron chi connectivity index (χ3n) is 5.95. The highest BCUT2D eigenvalue weighted by molar-refractivity contribution is 7.18. The summed E-state index contributed by atoms with van der Waals surface area (Å²) in [6.07, 6.45) is -0.240. The first-order valence-corrected chi connectivity index (χ1v) is 11.6. The smallest absolute Gasteiger partial charge is 0.386 e. The van der Waals surface area contributed by atoms with Crippen molar-refractivity contribution in [2.24, 2.45) is 5.92 Å². The highest BCUT2D eigenvalue weighted by Crippen LogP contribution is 2.41. The summed E-state index contributed by atoms with van der Waals surface area (Å²) in [7, 11) is 0. The zero-order chi connectivity index (χ0) is 24.7. The summed E-state index contributed by atoms with van der Waals surface area (Å²) in [5, 5.41) is 20.8. The molecular formula is C23H23F3N4O3S. The van der Waals surface area contributed by atoms with E-state index in [1.165, 1.54) is 11.3 Å². The molecule has 0 aliphatic heterocycles. The van der Waals surface area contributed by atoms with Crippen LogP contribution in [0.2, 0.25) is 0 Å². The number of amides is 1. The molecule has 0 atom stereocenters. The summed E-state index contributed by atoms with van der Waals surface area (Å²) in [5.74, 6) is -0.398. The van der Waals surface area contributed by atoms with E-state index in [2.05, 4.69) is 15.5 Å². The lowest BCUT2D eigenvalue weighted by Crippen LogP contribution is -2.22. The molecule has 2 aromatic heterocycles. The number of rotatable bonds is 5. The Morgan fingerprint density at radius 1 is 1.15 bits per heavy atom. The standard InChI is InChI=1S/C23H23F3N4O3S/c1-22(2,33)14-9-17-18(34-21(28-17)13-5-3-12(11-31)4-6-13)10-16(14)27-20(32)15-7-8-19(30-29-15)23(24,25)26/h7-13,33H,3-6H2,1-2H3,(H,27,32)/t12-,13-. The fourth-order valence-corrected chi connectivity index (χ4v) is 5.23. The van der Waals surface area contributed by atoms with Gasteiger partial charge in [0.25, 0.3) is 5.91 Å². The first kappa shape index (κ1) is 24.2. The molecular weight excluding hydrogens is 469 g/mol. The Morgan fingerprint density at radius 3 is 2.41 bits per heavy atom. The maximum atomic E-state index is 12.7. The van der Waals surface area contributed by atoms with E-state index in [4.69, 9.17) is 4.98 Å². The van der Waals surface area contributed by atoms with E-state index in [9.17, 15) is 27.9 Å². The Hall–Kier alpha value is -2.92. The zero-order valence-electron chi connectivity index (χ0n) is 18.5. The Labute approximate surface area is 197 Å². The van der Waals surface area contributed by atoms with Crippen LogP contribution < -0.4 is 5.32 Å². The summed E-state index contributed by atoms with van der Waals surface area (Å²) in [6.45, 7) is 3.13. The maximum Gasteiger partial charge on any atom is 0.435 e. The third-order valence-corrected chi connectivity index (χ3v) is 7.13. The lowest BCUT2D eigenvalue weighted by atomic mass is 9.83. The largest absolute Gasteiger partial charge is 0.435 e. The van der Waals surface area contributed by atoms with E-state index < -0.39 is 23.4 Å². The average molecular weight is 493 g/mol. The van der Waals surface area contributed by atoms with Gasteiger partial charge >= 0.3 is 6.18 Å². The van der Waals surface area contributed by atoms with Crippen molar-refractivity contribution in [3.8, 4) is 0 Å². The fraction of sp³-hybridized carbons (Fsp3) is 0.435. The first-order chi connectivity index (χ1) is 16.0. The monoisotopic (exact) mass is 492 g/mol. The quantitative estimate of drug-likeness (QED) is 0.483. The molecule has 4 rings (SSSR count). The minimum atomic E-state index is -4.66. The van der Waals surface area contributed by atoms with Gasteiger partial charge in [0.05, 0.1) is 20.8 Å². The molecule has 34 heavy (non-hydrogen) atoms. The van der Waals surface area contributed by atoms with Gasteiger partial charge < -0.3 is 15.2 Å². The summed E-state index contributed by atoms with van der Waals surface area (Å²) < 4.78 is 39.0. The molecule has 2 heterocycles. The van der Waals surface area contributed by atoms with Crippen LogP contribution in [0.3, 0.4) is 0 Å². The molecule has 1 aliphatic rings. The number of carbonyl (C=O) groups excluding carboxylic acids is 2. The summed E-state index contributed by atoms with van der Waals surface area (Å²) in [4.78, 5) is 28.5. The first-order valence-electron chi connectivity index (χ1n) is 10.8. The molecule has 0 bridgehead atoms. The highest BCUT2D eigenvalue weighted by Gasteiger charge is 2.33. The van der Waals surface area contributed by atoms with E-state index in [1.54, 1.807) is 26.0 Å². The van der Waals surface area contributed by atoms with Crippen molar-refractivity contribution in [1.29, 1.82) is 0 Å². The number of anilines is 1. The summed E-state index contributed by atoms with van der Waals surface area (Å²) >= 11 is 1.49. The second kappa shape index (κ2) is 9.03. The zero-order valence-corrected chi connectivity index (χ0v) is 19.3. The molecule has 1 amide bonds. The maximum absolute atomic E-state index is 12.7. The van der Waals surface area contributed by atoms with Crippen LogP contribution in [0.4, 0.5) is 18.9 Å². The molecule has 1 aromatic carbocycles. The van der Waals surface area contributed by atoms with Crippen LogP contribution in [0, 0.1) is 5.92 Å². The van der Waals surface area contributed by atoms with Crippen molar-refractivity contribution >= 4 is 39.4 Å². The van der Waals surface area contributed by atoms with E-state index in [1.807, 2.05) is 0 Å². The lowest BCUT2D eigenvalue weighted by Gasteiger charge is -2.23. The molecule has 0 saturated heterocycles. The van der Waals surface area contributed by atoms with Crippen LogP contribution in [0.1, 0.15) is 72.2 Å². The number of thiazole rings is 1. The van der Waals surface area contributed by atoms with Gasteiger partial charge in [-0.2, -0.15) is 13.2 Å². The Morgan fingerprint density at radius 2 is 1.85 bits per heavy atom. The number of aliphatic hydroxyl groups is 1. The fourth-order valence-electron chi connectivity index (χ4n) is 4.07. The average Bonchev–Trinajstić information content (AvgIpc) is 3.20. The van der Waals surface area contributed by atoms with Crippen LogP contribution in [0.15, 0.2) is 24.3 Å². The van der Waals surface area contributed by atoms with Crippen molar-refractivity contribution in [2.45, 2.75) is 57.2 Å². The van der Waals surface area contributed by atoms with Crippen molar-refractivity contribution < 1.29 is 27.9 Å². The number of fused-ring (bicyclic) bond motifs is 1. The van der Waals surface area contributed by atoms with Gasteiger partial charge in [0.15, 0.2) is 11.4 Å². The number of halogens is 3. The Balaban J connectivity index is 1.63. The minimum Gasteiger partial charge on any atom is -0.386 e. The van der Waals surface area contributed by atoms with Crippen molar-refractivity contribution in [1.82, 2.24) is 15.2 Å². The van der Waals surface area contributed by atoms with Gasteiger partial charge in [0.1, 0.15) is 6.29 Å². The van der Waals surface area contributed by atoms with Crippen LogP contribution in [-0.4, -0.2) is 32.5 Å². The SMILES string of the molecule is CC(C)(O)c1cc2nc([C@H]3CC[C@H](C=O)CC3)sc2cc1NC(=O)c1ccc(C(F)(F)F)nn1. The number of benzene rings is 1. The lowest BCUT2D eigenvalue weighted by molar-refractivity contribution is -0.141. The van der Waals surface area contributed by atoms with Gasteiger partial charge in [0.2, 0.25) is 0 Å². The third kappa shape index (κ3) is 5.10. The number of nitrogens with one attached hydrogen (secondary N) is 1. The molecule has 0 radical (unpaired) electrons. The van der Waals surface area contributed by atoms with Crippen LogP contribution in [-0.2, 0) is 16.6 Å². The van der Waals surface area contributed by atoms with Gasteiger partial charge in [0, 0.05) is 23.1 Å². The Kier molecular flexibility index (Phi) is 6.43. The number of aromatic nitrogens is 3. The van der Waals surface area contributed by atoms with Gasteiger partial charge in [-0.1, -0.05) is 0 Å². The predicted molar refractivity (Wildman–Crippen MR) is 121 cm³/mol. The van der Waals surface area contributed by atoms with Crippen LogP contribution >= 0.6 is 11.3 Å². The molecule has 1 saturated carbocycles. The van der Waals surface area contributed by atoms with Crippen LogP contribution in [0.5, 0.6) is 0 Å². The number of nitrogens with zero attached hydrogens (tertiary/aromatic N) is 3. The van der Waals surface area contributed by atoms with Crippen molar-refractivity contribution in [2.75, 3.05) is 5.32 Å². The molecule has 180 valence electrons. The minimum absolute atomic E-state index is 0.0996. The second-order valence-electron chi connectivity index (χ2n) is 8.98. The summed E-state index contributed by atoms with van der Waals surface area (Å²) in [6, 6.07) is 5.06. The number of hydrogen-bond donors (Lipinski definition) is 2. The molecule has 11 heteroatoms. The van der Waals surface area contributed by atoms with Gasteiger partial charge in [-0.3, -0.25) is 4.79 Å². The number of carbonyl (C=O) groups is 2. The van der Waals surface area contributed by atoms with E-state index >= 15 is 0 Å². The molecule has 3 aromatic rings. The second-order valence-corrected chi connectivity index (χ2v) is 10.0. The van der Waals surface area contributed by atoms with Crippen molar-refractivity contribution in [3.05, 3.63) is 46.2 Å². The van der Waals surface area contributed by atoms with Gasteiger partial charge in [-0.15, -0.1) is 21.5 Å². The molecule has 1 fully saturated rings. The van der Waals surface area contributed by atoms with Gasteiger partial charge in [-0.25, -0.2) is 4.98 Å². The van der Waals surface area contributed by atoms with E-state index in [0.717, 1.165) is 47.7 Å². The van der Waals surface area contributed by atoms with Crippen molar-refractivity contribution in [3.63, 3.8) is 0 Å². The molecule has 7 nitrogen and oxygen atoms in total. The highest BCUT2D eigenvalue weighted by atomic mass is 32.1. The molecule has 0 unspecified atom stereocenters. The normalized spacial score (nSPS) is 19.2. The Bertz CT molecular complexity index is 1210.